The second-order valence-electron chi connectivity index (χ2n) is 6.87. The zero-order valence-electron chi connectivity index (χ0n) is 15.7. The molecule has 0 aromatic heterocycles. The van der Waals surface area contributed by atoms with E-state index in [-0.39, 0.29) is 24.3 Å². The summed E-state index contributed by atoms with van der Waals surface area (Å²) in [5.41, 5.74) is 2.90. The largest absolute Gasteiger partial charge is 0.379 e. The molecule has 1 atom stereocenters. The van der Waals surface area contributed by atoms with Crippen LogP contribution in [0.15, 0.2) is 18.2 Å². The second-order valence-corrected chi connectivity index (χ2v) is 6.87. The Morgan fingerprint density at radius 3 is 2.40 bits per heavy atom. The van der Waals surface area contributed by atoms with Crippen LogP contribution in [0.1, 0.15) is 24.5 Å². The Bertz CT molecular complexity index is 592. The molecule has 2 rings (SSSR count). The molecule has 6 nitrogen and oxygen atoms in total. The van der Waals surface area contributed by atoms with Crippen molar-refractivity contribution in [3.63, 3.8) is 0 Å². The van der Waals surface area contributed by atoms with E-state index in [4.69, 9.17) is 4.74 Å². The lowest BCUT2D eigenvalue weighted by molar-refractivity contribution is -0.134. The topological polar surface area (TPSA) is 61.9 Å². The highest BCUT2D eigenvalue weighted by molar-refractivity contribution is 6.03. The van der Waals surface area contributed by atoms with Gasteiger partial charge in [0.1, 0.15) is 6.42 Å². The third-order valence-corrected chi connectivity index (χ3v) is 4.45. The van der Waals surface area contributed by atoms with Crippen molar-refractivity contribution < 1.29 is 14.3 Å². The van der Waals surface area contributed by atoms with Crippen molar-refractivity contribution in [2.24, 2.45) is 0 Å². The van der Waals surface area contributed by atoms with Gasteiger partial charge in [-0.1, -0.05) is 6.07 Å². The van der Waals surface area contributed by atoms with E-state index in [1.807, 2.05) is 32.0 Å². The fourth-order valence-electron chi connectivity index (χ4n) is 3.16. The van der Waals surface area contributed by atoms with Crippen molar-refractivity contribution in [1.29, 1.82) is 0 Å². The molecule has 1 unspecified atom stereocenters. The summed E-state index contributed by atoms with van der Waals surface area (Å²) in [5, 5.41) is 2.81. The van der Waals surface area contributed by atoms with Gasteiger partial charge in [-0.3, -0.25) is 14.5 Å². The van der Waals surface area contributed by atoms with E-state index in [1.165, 1.54) is 0 Å². The molecule has 1 fully saturated rings. The Hall–Kier alpha value is -1.92. The first-order chi connectivity index (χ1) is 11.8. The van der Waals surface area contributed by atoms with Crippen LogP contribution in [0, 0.1) is 13.8 Å². The fourth-order valence-corrected chi connectivity index (χ4v) is 3.16. The van der Waals surface area contributed by atoms with Gasteiger partial charge in [0.25, 0.3) is 0 Å². The number of anilines is 1. The van der Waals surface area contributed by atoms with Crippen molar-refractivity contribution in [3.8, 4) is 0 Å². The number of hydrogen-bond donors (Lipinski definition) is 1. The standard InChI is InChI=1S/C19H29N3O3/c1-14-9-15(2)11-17(10-14)20-18(23)12-19(24)21(4)13-16(3)22-5-7-25-8-6-22/h9-11,16H,5-8,12-13H2,1-4H3,(H,20,23). The van der Waals surface area contributed by atoms with Crippen LogP contribution in [0.2, 0.25) is 0 Å². The minimum atomic E-state index is -0.277. The van der Waals surface area contributed by atoms with Gasteiger partial charge in [-0.15, -0.1) is 0 Å². The number of amides is 2. The van der Waals surface area contributed by atoms with Crippen LogP contribution in [-0.4, -0.2) is 67.6 Å². The maximum Gasteiger partial charge on any atom is 0.233 e. The van der Waals surface area contributed by atoms with Gasteiger partial charge in [0.2, 0.25) is 11.8 Å². The number of carbonyl (C=O) groups is 2. The molecule has 1 aromatic carbocycles. The number of morpholine rings is 1. The molecule has 0 radical (unpaired) electrons. The number of ether oxygens (including phenoxy) is 1. The van der Waals surface area contributed by atoms with E-state index >= 15 is 0 Å². The lowest BCUT2D eigenvalue weighted by atomic mass is 10.1. The predicted molar refractivity (Wildman–Crippen MR) is 98.7 cm³/mol. The van der Waals surface area contributed by atoms with Gasteiger partial charge in [0.05, 0.1) is 13.2 Å². The highest BCUT2D eigenvalue weighted by atomic mass is 16.5. The maximum atomic E-state index is 12.3. The summed E-state index contributed by atoms with van der Waals surface area (Å²) in [7, 11) is 1.75. The molecule has 1 aliphatic rings. The highest BCUT2D eigenvalue weighted by Crippen LogP contribution is 2.14. The van der Waals surface area contributed by atoms with Gasteiger partial charge in [-0.05, 0) is 44.0 Å². The number of benzene rings is 1. The van der Waals surface area contributed by atoms with E-state index < -0.39 is 0 Å². The van der Waals surface area contributed by atoms with E-state index in [0.717, 1.165) is 43.1 Å². The van der Waals surface area contributed by atoms with Crippen LogP contribution in [0.3, 0.4) is 0 Å². The molecule has 0 aliphatic carbocycles. The number of nitrogens with zero attached hydrogens (tertiary/aromatic N) is 2. The van der Waals surface area contributed by atoms with Crippen LogP contribution in [-0.2, 0) is 14.3 Å². The molecule has 25 heavy (non-hydrogen) atoms. The predicted octanol–water partition coefficient (Wildman–Crippen LogP) is 1.81. The van der Waals surface area contributed by atoms with Crippen molar-refractivity contribution in [2.45, 2.75) is 33.2 Å². The molecule has 6 heteroatoms. The highest BCUT2D eigenvalue weighted by Gasteiger charge is 2.21. The molecule has 0 bridgehead atoms. The molecule has 1 aromatic rings. The second kappa shape index (κ2) is 8.97. The third-order valence-electron chi connectivity index (χ3n) is 4.45. The van der Waals surface area contributed by atoms with Crippen LogP contribution < -0.4 is 5.32 Å². The maximum absolute atomic E-state index is 12.3. The summed E-state index contributed by atoms with van der Waals surface area (Å²) >= 11 is 0. The fraction of sp³-hybridized carbons (Fsp3) is 0.579. The summed E-state index contributed by atoms with van der Waals surface area (Å²) in [6.45, 7) is 9.91. The van der Waals surface area contributed by atoms with Crippen molar-refractivity contribution >= 4 is 17.5 Å². The monoisotopic (exact) mass is 347 g/mol. The van der Waals surface area contributed by atoms with Crippen molar-refractivity contribution in [3.05, 3.63) is 29.3 Å². The van der Waals surface area contributed by atoms with Gasteiger partial charge >= 0.3 is 0 Å². The van der Waals surface area contributed by atoms with E-state index in [1.54, 1.807) is 11.9 Å². The minimum Gasteiger partial charge on any atom is -0.379 e. The van der Waals surface area contributed by atoms with E-state index in [2.05, 4.69) is 17.1 Å². The number of nitrogens with one attached hydrogen (secondary N) is 1. The zero-order valence-corrected chi connectivity index (χ0v) is 15.7. The SMILES string of the molecule is Cc1cc(C)cc(NC(=O)CC(=O)N(C)CC(C)N2CCOCC2)c1. The Morgan fingerprint density at radius 2 is 1.80 bits per heavy atom. The molecule has 0 saturated carbocycles. The zero-order chi connectivity index (χ0) is 18.4. The Kier molecular flexibility index (Phi) is 6.96. The molecular weight excluding hydrogens is 318 g/mol. The number of carbonyl (C=O) groups excluding carboxylic acids is 2. The number of aryl methyl sites for hydroxylation is 2. The summed E-state index contributed by atoms with van der Waals surface area (Å²) in [6, 6.07) is 6.10. The molecule has 1 saturated heterocycles. The van der Waals surface area contributed by atoms with Crippen LogP contribution in [0.25, 0.3) is 0 Å². The molecule has 138 valence electrons. The Balaban J connectivity index is 1.82. The number of hydrogen-bond acceptors (Lipinski definition) is 4. The van der Waals surface area contributed by atoms with Gasteiger partial charge in [-0.2, -0.15) is 0 Å². The van der Waals surface area contributed by atoms with Crippen molar-refractivity contribution in [1.82, 2.24) is 9.80 Å². The lowest BCUT2D eigenvalue weighted by Crippen LogP contribution is -2.48. The smallest absolute Gasteiger partial charge is 0.233 e. The minimum absolute atomic E-state index is 0.140. The van der Waals surface area contributed by atoms with Gasteiger partial charge in [-0.25, -0.2) is 0 Å². The summed E-state index contributed by atoms with van der Waals surface area (Å²) < 4.78 is 5.35. The summed E-state index contributed by atoms with van der Waals surface area (Å²) in [4.78, 5) is 28.4. The van der Waals surface area contributed by atoms with Crippen LogP contribution in [0.5, 0.6) is 0 Å². The molecule has 1 aliphatic heterocycles. The Morgan fingerprint density at radius 1 is 1.20 bits per heavy atom. The summed E-state index contributed by atoms with van der Waals surface area (Å²) in [5.74, 6) is -0.442. The first-order valence-corrected chi connectivity index (χ1v) is 8.79. The van der Waals surface area contributed by atoms with E-state index in [9.17, 15) is 9.59 Å². The molecule has 2 amide bonds. The van der Waals surface area contributed by atoms with Crippen molar-refractivity contribution in [2.75, 3.05) is 45.2 Å². The molecular formula is C19H29N3O3. The first-order valence-electron chi connectivity index (χ1n) is 8.79. The normalized spacial score (nSPS) is 16.3. The van der Waals surface area contributed by atoms with E-state index in [0.29, 0.717) is 6.54 Å². The Labute approximate surface area is 150 Å². The van der Waals surface area contributed by atoms with Gasteiger partial charge in [0, 0.05) is 38.4 Å². The molecule has 0 spiro atoms. The lowest BCUT2D eigenvalue weighted by Gasteiger charge is -2.34. The quantitative estimate of drug-likeness (QED) is 0.797. The first kappa shape index (κ1) is 19.4. The number of rotatable bonds is 6. The third kappa shape index (κ3) is 6.14. The van der Waals surface area contributed by atoms with Gasteiger partial charge in [0.15, 0.2) is 0 Å². The molecule has 1 N–H and O–H groups in total. The van der Waals surface area contributed by atoms with Gasteiger partial charge < -0.3 is 15.0 Å². The average Bonchev–Trinajstić information content (AvgIpc) is 2.54. The van der Waals surface area contributed by atoms with Crippen LogP contribution >= 0.6 is 0 Å². The summed E-state index contributed by atoms with van der Waals surface area (Å²) in [6.07, 6.45) is -0.140. The molecule has 1 heterocycles. The van der Waals surface area contributed by atoms with Crippen LogP contribution in [0.4, 0.5) is 5.69 Å². The average molecular weight is 347 g/mol. The number of likely N-dealkylation sites (N-methyl/N-ethyl adjacent to an activating group) is 1.